The maximum atomic E-state index is 11.9. The second-order valence-corrected chi connectivity index (χ2v) is 7.96. The summed E-state index contributed by atoms with van der Waals surface area (Å²) in [6, 6.07) is 7.54. The molecule has 0 unspecified atom stereocenters. The second-order valence-electron chi connectivity index (χ2n) is 4.37. The lowest BCUT2D eigenvalue weighted by Crippen LogP contribution is -2.14. The van der Waals surface area contributed by atoms with E-state index in [1.807, 2.05) is 24.3 Å². The molecule has 6 nitrogen and oxygen atoms in total. The molecule has 128 valence electrons. The average Bonchev–Trinajstić information content (AvgIpc) is 3.01. The number of amides is 1. The van der Waals surface area contributed by atoms with Crippen LogP contribution < -0.4 is 5.32 Å². The fourth-order valence-corrected chi connectivity index (χ4v) is 4.24. The normalized spacial score (nSPS) is 10.4. The predicted molar refractivity (Wildman–Crippen MR) is 98.9 cm³/mol. The van der Waals surface area contributed by atoms with Gasteiger partial charge in [-0.05, 0) is 11.6 Å². The Morgan fingerprint density at radius 1 is 1.29 bits per heavy atom. The molecule has 0 aliphatic carbocycles. The summed E-state index contributed by atoms with van der Waals surface area (Å²) in [7, 11) is 1.33. The Labute approximate surface area is 156 Å². The van der Waals surface area contributed by atoms with Crippen LogP contribution in [-0.4, -0.2) is 40.7 Å². The van der Waals surface area contributed by atoms with Crippen molar-refractivity contribution in [3.05, 3.63) is 34.9 Å². The van der Waals surface area contributed by atoms with Crippen LogP contribution >= 0.6 is 46.5 Å². The number of thioether (sulfide) groups is 2. The molecular formula is C14H14ClN3O3S3. The third kappa shape index (κ3) is 6.31. The van der Waals surface area contributed by atoms with Crippen molar-refractivity contribution >= 4 is 63.5 Å². The van der Waals surface area contributed by atoms with E-state index in [0.29, 0.717) is 20.2 Å². The minimum absolute atomic E-state index is 0.159. The zero-order chi connectivity index (χ0) is 17.4. The first-order valence-corrected chi connectivity index (χ1v) is 10.1. The van der Waals surface area contributed by atoms with Gasteiger partial charge in [-0.25, -0.2) is 0 Å². The largest absolute Gasteiger partial charge is 0.468 e. The van der Waals surface area contributed by atoms with Gasteiger partial charge in [-0.3, -0.25) is 14.9 Å². The van der Waals surface area contributed by atoms with E-state index in [9.17, 15) is 9.59 Å². The van der Waals surface area contributed by atoms with Crippen LogP contribution in [0.1, 0.15) is 5.56 Å². The number of hydrogen-bond acceptors (Lipinski definition) is 8. The monoisotopic (exact) mass is 403 g/mol. The number of benzene rings is 1. The van der Waals surface area contributed by atoms with Crippen LogP contribution in [0, 0.1) is 0 Å². The Morgan fingerprint density at radius 2 is 2.08 bits per heavy atom. The molecule has 0 aliphatic rings. The number of nitrogens with one attached hydrogen (secondary N) is 1. The summed E-state index contributed by atoms with van der Waals surface area (Å²) >= 11 is 9.97. The molecule has 1 aromatic carbocycles. The number of nitrogens with zero attached hydrogens (tertiary/aromatic N) is 2. The molecule has 2 rings (SSSR count). The third-order valence-electron chi connectivity index (χ3n) is 2.64. The van der Waals surface area contributed by atoms with Crippen LogP contribution in [0.3, 0.4) is 0 Å². The SMILES string of the molecule is COC(=O)CSc1nnc(NC(=O)CSCc2ccccc2Cl)s1. The molecule has 1 heterocycles. The van der Waals surface area contributed by atoms with Crippen LogP contribution in [0.25, 0.3) is 0 Å². The molecule has 0 saturated heterocycles. The summed E-state index contributed by atoms with van der Waals surface area (Å²) in [5.74, 6) is 0.607. The maximum absolute atomic E-state index is 11.9. The van der Waals surface area contributed by atoms with Gasteiger partial charge in [0, 0.05) is 10.8 Å². The van der Waals surface area contributed by atoms with Crippen molar-refractivity contribution in [2.45, 2.75) is 10.1 Å². The summed E-state index contributed by atoms with van der Waals surface area (Å²) in [5.41, 5.74) is 0.995. The van der Waals surface area contributed by atoms with E-state index in [1.165, 1.54) is 42.0 Å². The Balaban J connectivity index is 1.73. The van der Waals surface area contributed by atoms with Crippen LogP contribution in [0.4, 0.5) is 5.13 Å². The number of ether oxygens (including phenoxy) is 1. The highest BCUT2D eigenvalue weighted by Crippen LogP contribution is 2.26. The maximum Gasteiger partial charge on any atom is 0.316 e. The lowest BCUT2D eigenvalue weighted by atomic mass is 10.2. The minimum Gasteiger partial charge on any atom is -0.468 e. The fraction of sp³-hybridized carbons (Fsp3) is 0.286. The van der Waals surface area contributed by atoms with Crippen molar-refractivity contribution in [1.29, 1.82) is 0 Å². The quantitative estimate of drug-likeness (QED) is 0.411. The summed E-state index contributed by atoms with van der Waals surface area (Å²) in [6.07, 6.45) is 0. The smallest absolute Gasteiger partial charge is 0.316 e. The van der Waals surface area contributed by atoms with Gasteiger partial charge >= 0.3 is 5.97 Å². The van der Waals surface area contributed by atoms with Gasteiger partial charge in [0.25, 0.3) is 0 Å². The predicted octanol–water partition coefficient (Wildman–Crippen LogP) is 3.33. The molecule has 0 bridgehead atoms. The van der Waals surface area contributed by atoms with Gasteiger partial charge in [0.05, 0.1) is 18.6 Å². The van der Waals surface area contributed by atoms with Crippen LogP contribution in [0.5, 0.6) is 0 Å². The van der Waals surface area contributed by atoms with Crippen molar-refractivity contribution in [3.63, 3.8) is 0 Å². The lowest BCUT2D eigenvalue weighted by Gasteiger charge is -2.03. The Morgan fingerprint density at radius 3 is 2.83 bits per heavy atom. The lowest BCUT2D eigenvalue weighted by molar-refractivity contribution is -0.137. The van der Waals surface area contributed by atoms with E-state index >= 15 is 0 Å². The number of rotatable bonds is 8. The van der Waals surface area contributed by atoms with Gasteiger partial charge in [-0.2, -0.15) is 0 Å². The van der Waals surface area contributed by atoms with Gasteiger partial charge < -0.3 is 4.74 Å². The molecular weight excluding hydrogens is 390 g/mol. The third-order valence-corrected chi connectivity index (χ3v) is 5.94. The van der Waals surface area contributed by atoms with Gasteiger partial charge in [-0.15, -0.1) is 22.0 Å². The zero-order valence-electron chi connectivity index (χ0n) is 12.7. The first-order chi connectivity index (χ1) is 11.6. The topological polar surface area (TPSA) is 81.2 Å². The molecule has 1 aromatic heterocycles. The minimum atomic E-state index is -0.336. The standard InChI is InChI=1S/C14H14ClN3O3S3/c1-21-12(20)8-23-14-18-17-13(24-14)16-11(19)7-22-6-9-4-2-3-5-10(9)15/h2-5H,6-8H2,1H3,(H,16,17,19). The fourth-order valence-electron chi connectivity index (χ4n) is 1.52. The van der Waals surface area contributed by atoms with Crippen molar-refractivity contribution in [2.75, 3.05) is 23.9 Å². The molecule has 1 N–H and O–H groups in total. The first kappa shape index (κ1) is 19.0. The molecule has 10 heteroatoms. The molecule has 0 fully saturated rings. The van der Waals surface area contributed by atoms with Crippen molar-refractivity contribution in [2.24, 2.45) is 0 Å². The molecule has 0 spiro atoms. The summed E-state index contributed by atoms with van der Waals surface area (Å²) in [6.45, 7) is 0. The number of anilines is 1. The van der Waals surface area contributed by atoms with E-state index in [-0.39, 0.29) is 23.4 Å². The van der Waals surface area contributed by atoms with Crippen LogP contribution in [-0.2, 0) is 20.1 Å². The molecule has 0 aliphatic heterocycles. The Hall–Kier alpha value is -1.29. The van der Waals surface area contributed by atoms with E-state index < -0.39 is 0 Å². The molecule has 24 heavy (non-hydrogen) atoms. The molecule has 0 atom stereocenters. The number of hydrogen-bond donors (Lipinski definition) is 1. The number of carbonyl (C=O) groups is 2. The van der Waals surface area contributed by atoms with Gasteiger partial charge in [-0.1, -0.05) is 52.9 Å². The summed E-state index contributed by atoms with van der Waals surface area (Å²) < 4.78 is 5.14. The molecule has 0 radical (unpaired) electrons. The summed E-state index contributed by atoms with van der Waals surface area (Å²) in [5, 5.41) is 11.6. The van der Waals surface area contributed by atoms with E-state index in [2.05, 4.69) is 20.3 Å². The highest BCUT2D eigenvalue weighted by atomic mass is 35.5. The first-order valence-electron chi connectivity index (χ1n) is 6.72. The second kappa shape index (κ2) is 9.87. The highest BCUT2D eigenvalue weighted by molar-refractivity contribution is 8.01. The van der Waals surface area contributed by atoms with Crippen LogP contribution in [0.2, 0.25) is 5.02 Å². The average molecular weight is 404 g/mol. The Bertz CT molecular complexity index is 711. The Kier molecular flexibility index (Phi) is 7.83. The van der Waals surface area contributed by atoms with Crippen molar-refractivity contribution in [1.82, 2.24) is 10.2 Å². The highest BCUT2D eigenvalue weighted by Gasteiger charge is 2.11. The van der Waals surface area contributed by atoms with Gasteiger partial charge in [0.15, 0.2) is 4.34 Å². The van der Waals surface area contributed by atoms with Crippen molar-refractivity contribution < 1.29 is 14.3 Å². The molecule has 0 saturated carbocycles. The summed E-state index contributed by atoms with van der Waals surface area (Å²) in [4.78, 5) is 23.0. The van der Waals surface area contributed by atoms with Gasteiger partial charge in [0.2, 0.25) is 11.0 Å². The number of halogens is 1. The number of methoxy groups -OCH3 is 1. The van der Waals surface area contributed by atoms with E-state index in [1.54, 1.807) is 0 Å². The zero-order valence-corrected chi connectivity index (χ0v) is 15.9. The number of esters is 1. The van der Waals surface area contributed by atoms with Gasteiger partial charge in [0.1, 0.15) is 0 Å². The van der Waals surface area contributed by atoms with E-state index in [4.69, 9.17) is 11.6 Å². The molecule has 1 amide bonds. The van der Waals surface area contributed by atoms with E-state index in [0.717, 1.165) is 5.56 Å². The van der Waals surface area contributed by atoms with Crippen LogP contribution in [0.15, 0.2) is 28.6 Å². The van der Waals surface area contributed by atoms with Crippen molar-refractivity contribution in [3.8, 4) is 0 Å². The number of carbonyl (C=O) groups excluding carboxylic acids is 2. The molecule has 2 aromatic rings. The number of aromatic nitrogens is 2.